The molecule has 0 spiro atoms. The molecule has 0 radical (unpaired) electrons. The molecule has 1 aliphatic rings. The molecular formula is C18H30O5. The van der Waals surface area contributed by atoms with Crippen molar-refractivity contribution in [2.45, 2.75) is 64.3 Å². The average Bonchev–Trinajstić information content (AvgIpc) is 2.43. The molecule has 0 amide bonds. The van der Waals surface area contributed by atoms with E-state index in [4.69, 9.17) is 4.74 Å². The summed E-state index contributed by atoms with van der Waals surface area (Å²) < 4.78 is 4.93. The van der Waals surface area contributed by atoms with Crippen molar-refractivity contribution < 1.29 is 24.9 Å². The highest BCUT2D eigenvalue weighted by atomic mass is 16.5. The highest BCUT2D eigenvalue weighted by Gasteiger charge is 2.53. The number of hydrogen-bond acceptors (Lipinski definition) is 5. The zero-order valence-corrected chi connectivity index (χ0v) is 14.6. The molecule has 0 aromatic carbocycles. The summed E-state index contributed by atoms with van der Waals surface area (Å²) >= 11 is 0. The number of rotatable bonds is 6. The Balaban J connectivity index is 3.28. The number of ether oxygens (including phenoxy) is 1. The second kappa shape index (κ2) is 7.16. The number of carbonyl (C=O) groups is 1. The van der Waals surface area contributed by atoms with Crippen molar-refractivity contribution in [1.29, 1.82) is 0 Å². The van der Waals surface area contributed by atoms with Gasteiger partial charge in [0.2, 0.25) is 0 Å². The lowest BCUT2D eigenvalue weighted by Crippen LogP contribution is -2.53. The first-order valence-electron chi connectivity index (χ1n) is 8.04. The van der Waals surface area contributed by atoms with E-state index in [0.29, 0.717) is 17.6 Å². The van der Waals surface area contributed by atoms with E-state index in [1.54, 1.807) is 6.92 Å². The third kappa shape index (κ3) is 4.03. The van der Waals surface area contributed by atoms with Gasteiger partial charge in [-0.2, -0.15) is 0 Å². The molecule has 0 bridgehead atoms. The normalized spacial score (nSPS) is 33.9. The minimum absolute atomic E-state index is 0.0605. The fraction of sp³-hybridized carbons (Fsp3) is 0.722. The number of aliphatic hydroxyl groups is 3. The summed E-state index contributed by atoms with van der Waals surface area (Å²) in [7, 11) is 1.32. The zero-order valence-electron chi connectivity index (χ0n) is 14.6. The van der Waals surface area contributed by atoms with E-state index < -0.39 is 35.1 Å². The molecule has 0 saturated heterocycles. The quantitative estimate of drug-likeness (QED) is 0.513. The van der Waals surface area contributed by atoms with Crippen molar-refractivity contribution >= 4 is 5.97 Å². The molecule has 1 rings (SSSR count). The summed E-state index contributed by atoms with van der Waals surface area (Å²) in [4.78, 5) is 12.3. The van der Waals surface area contributed by atoms with Crippen LogP contribution in [0.5, 0.6) is 0 Å². The van der Waals surface area contributed by atoms with E-state index in [9.17, 15) is 20.1 Å². The van der Waals surface area contributed by atoms with Crippen molar-refractivity contribution in [2.24, 2.45) is 11.3 Å². The highest BCUT2D eigenvalue weighted by molar-refractivity contribution is 5.76. The largest absolute Gasteiger partial charge is 0.469 e. The van der Waals surface area contributed by atoms with Crippen molar-refractivity contribution in [3.05, 3.63) is 24.3 Å². The van der Waals surface area contributed by atoms with Gasteiger partial charge in [0.05, 0.1) is 30.8 Å². The average molecular weight is 326 g/mol. The van der Waals surface area contributed by atoms with Gasteiger partial charge in [0.15, 0.2) is 0 Å². The summed E-state index contributed by atoms with van der Waals surface area (Å²) in [6, 6.07) is 0. The fourth-order valence-corrected chi connectivity index (χ4v) is 3.91. The van der Waals surface area contributed by atoms with Crippen LogP contribution in [0.2, 0.25) is 0 Å². The number of esters is 1. The van der Waals surface area contributed by atoms with E-state index in [1.807, 2.05) is 13.8 Å². The van der Waals surface area contributed by atoms with Gasteiger partial charge in [0.25, 0.3) is 0 Å². The molecule has 2 unspecified atom stereocenters. The van der Waals surface area contributed by atoms with Crippen molar-refractivity contribution in [2.75, 3.05) is 7.11 Å². The van der Waals surface area contributed by atoms with Crippen LogP contribution in [0.4, 0.5) is 0 Å². The third-order valence-corrected chi connectivity index (χ3v) is 4.99. The van der Waals surface area contributed by atoms with Crippen LogP contribution in [0.1, 0.15) is 46.5 Å². The monoisotopic (exact) mass is 326 g/mol. The van der Waals surface area contributed by atoms with Gasteiger partial charge in [-0.3, -0.25) is 4.79 Å². The smallest absolute Gasteiger partial charge is 0.313 e. The Kier molecular flexibility index (Phi) is 6.18. The molecule has 0 aliphatic heterocycles. The van der Waals surface area contributed by atoms with Crippen LogP contribution in [-0.4, -0.2) is 46.2 Å². The predicted octanol–water partition coefficient (Wildman–Crippen LogP) is 1.96. The second-order valence-corrected chi connectivity index (χ2v) is 7.13. The van der Waals surface area contributed by atoms with Crippen molar-refractivity contribution in [3.63, 3.8) is 0 Å². The molecule has 5 nitrogen and oxygen atoms in total. The first kappa shape index (κ1) is 19.9. The molecule has 1 aliphatic carbocycles. The second-order valence-electron chi connectivity index (χ2n) is 7.13. The summed E-state index contributed by atoms with van der Waals surface area (Å²) in [5.74, 6) is -1.04. The number of hydrogen-bond donors (Lipinski definition) is 3. The molecule has 5 atom stereocenters. The fourth-order valence-electron chi connectivity index (χ4n) is 3.91. The zero-order chi connectivity index (χ0) is 18.0. The van der Waals surface area contributed by atoms with Crippen molar-refractivity contribution in [3.8, 4) is 0 Å². The Morgan fingerprint density at radius 2 is 2.09 bits per heavy atom. The van der Waals surface area contributed by atoms with Crippen LogP contribution in [0, 0.1) is 11.3 Å². The number of aliphatic hydroxyl groups excluding tert-OH is 2. The highest BCUT2D eigenvalue weighted by Crippen LogP contribution is 2.52. The molecule has 23 heavy (non-hydrogen) atoms. The minimum Gasteiger partial charge on any atom is -0.469 e. The third-order valence-electron chi connectivity index (χ3n) is 4.99. The van der Waals surface area contributed by atoms with Gasteiger partial charge in [0.1, 0.15) is 0 Å². The molecular weight excluding hydrogens is 296 g/mol. The summed E-state index contributed by atoms with van der Waals surface area (Å²) in [5, 5.41) is 31.1. The Bertz CT molecular complexity index is 468. The molecule has 0 heterocycles. The van der Waals surface area contributed by atoms with E-state index in [2.05, 4.69) is 13.2 Å². The van der Waals surface area contributed by atoms with Gasteiger partial charge < -0.3 is 20.1 Å². The Morgan fingerprint density at radius 3 is 2.52 bits per heavy atom. The van der Waals surface area contributed by atoms with Gasteiger partial charge in [-0.15, -0.1) is 0 Å². The minimum atomic E-state index is -1.43. The molecule has 1 fully saturated rings. The van der Waals surface area contributed by atoms with Crippen LogP contribution in [-0.2, 0) is 9.53 Å². The van der Waals surface area contributed by atoms with Crippen molar-refractivity contribution in [1.82, 2.24) is 0 Å². The van der Waals surface area contributed by atoms with Crippen LogP contribution in [0.25, 0.3) is 0 Å². The molecule has 0 aromatic rings. The van der Waals surface area contributed by atoms with Gasteiger partial charge in [-0.25, -0.2) is 0 Å². The van der Waals surface area contributed by atoms with Gasteiger partial charge in [-0.05, 0) is 37.2 Å². The first-order valence-corrected chi connectivity index (χ1v) is 8.04. The Hall–Kier alpha value is -1.17. The Morgan fingerprint density at radius 1 is 1.52 bits per heavy atom. The lowest BCUT2D eigenvalue weighted by molar-refractivity contribution is -0.153. The maximum Gasteiger partial charge on any atom is 0.313 e. The van der Waals surface area contributed by atoms with E-state index in [0.717, 1.165) is 0 Å². The maximum absolute atomic E-state index is 12.3. The SMILES string of the molecule is C=C(CC)[C@H](C(=O)OC)[C@@]1(C)CC(O)C(=C)[C@](O)(CC(C)O)C1. The Labute approximate surface area is 138 Å². The van der Waals surface area contributed by atoms with E-state index >= 15 is 0 Å². The van der Waals surface area contributed by atoms with E-state index in [-0.39, 0.29) is 19.3 Å². The molecule has 0 aromatic heterocycles. The summed E-state index contributed by atoms with van der Waals surface area (Å²) in [5.41, 5.74) is -1.16. The van der Waals surface area contributed by atoms with Crippen LogP contribution >= 0.6 is 0 Å². The topological polar surface area (TPSA) is 87.0 Å². The molecule has 5 heteroatoms. The van der Waals surface area contributed by atoms with E-state index in [1.165, 1.54) is 7.11 Å². The summed E-state index contributed by atoms with van der Waals surface area (Å²) in [6.07, 6.45) is -0.551. The number of methoxy groups -OCH3 is 1. The molecule has 3 N–H and O–H groups in total. The maximum atomic E-state index is 12.3. The lowest BCUT2D eigenvalue weighted by Gasteiger charge is -2.50. The predicted molar refractivity (Wildman–Crippen MR) is 88.7 cm³/mol. The molecule has 1 saturated carbocycles. The van der Waals surface area contributed by atoms with Gasteiger partial charge in [-0.1, -0.05) is 32.6 Å². The number of carbonyl (C=O) groups excluding carboxylic acids is 1. The summed E-state index contributed by atoms with van der Waals surface area (Å²) in [6.45, 7) is 13.1. The van der Waals surface area contributed by atoms with Crippen LogP contribution in [0.15, 0.2) is 24.3 Å². The molecule has 132 valence electrons. The van der Waals surface area contributed by atoms with Gasteiger partial charge >= 0.3 is 5.97 Å². The lowest BCUT2D eigenvalue weighted by atomic mass is 9.57. The van der Waals surface area contributed by atoms with Crippen LogP contribution in [0.3, 0.4) is 0 Å². The standard InChI is InChI=1S/C18H30O5/c1-7-11(2)15(16(21)23-6)17(5)9-14(20)13(4)18(22,10-17)8-12(3)19/h12,14-15,19-20,22H,2,4,7-10H2,1,3,5-6H3/t12?,14?,15-,17+,18+/m1/s1. The van der Waals surface area contributed by atoms with Gasteiger partial charge in [0, 0.05) is 6.42 Å². The first-order chi connectivity index (χ1) is 10.5. The van der Waals surface area contributed by atoms with Crippen LogP contribution < -0.4 is 0 Å².